The lowest BCUT2D eigenvalue weighted by Gasteiger charge is -2.02. The number of hydrogen-bond donors (Lipinski definition) is 0. The first-order valence-electron chi connectivity index (χ1n) is 4.17. The number of benzene rings is 1. The molecule has 3 nitrogen and oxygen atoms in total. The van der Waals surface area contributed by atoms with E-state index in [4.69, 9.17) is 0 Å². The quantitative estimate of drug-likeness (QED) is 0.716. The molecule has 0 aliphatic heterocycles. The maximum absolute atomic E-state index is 13.2. The first-order valence-corrected chi connectivity index (χ1v) is 4.17. The number of rotatable bonds is 1. The molecular weight excluding hydrogens is 202 g/mol. The molecule has 0 aliphatic carbocycles. The van der Waals surface area contributed by atoms with Gasteiger partial charge in [-0.05, 0) is 12.1 Å². The van der Waals surface area contributed by atoms with Crippen LogP contribution < -0.4 is 0 Å². The van der Waals surface area contributed by atoms with Gasteiger partial charge < -0.3 is 0 Å². The van der Waals surface area contributed by atoms with Crippen LogP contribution in [-0.2, 0) is 0 Å². The molecule has 2 aromatic rings. The van der Waals surface area contributed by atoms with Gasteiger partial charge in [0.1, 0.15) is 6.33 Å². The van der Waals surface area contributed by atoms with E-state index in [1.165, 1.54) is 30.9 Å². The van der Waals surface area contributed by atoms with E-state index in [9.17, 15) is 13.6 Å². The number of hydrogen-bond acceptors (Lipinski definition) is 2. The van der Waals surface area contributed by atoms with Crippen molar-refractivity contribution in [1.82, 2.24) is 9.55 Å². The monoisotopic (exact) mass is 208 g/mol. The van der Waals surface area contributed by atoms with Gasteiger partial charge in [0.05, 0.1) is 5.56 Å². The van der Waals surface area contributed by atoms with Crippen molar-refractivity contribution >= 4 is 5.91 Å². The summed E-state index contributed by atoms with van der Waals surface area (Å²) in [5.41, 5.74) is -0.312. The molecule has 2 rings (SSSR count). The Morgan fingerprint density at radius 2 is 2.13 bits per heavy atom. The van der Waals surface area contributed by atoms with Gasteiger partial charge in [0.25, 0.3) is 5.91 Å². The Morgan fingerprint density at radius 3 is 2.80 bits per heavy atom. The highest BCUT2D eigenvalue weighted by atomic mass is 19.2. The Morgan fingerprint density at radius 1 is 1.33 bits per heavy atom. The van der Waals surface area contributed by atoms with Crippen molar-refractivity contribution in [3.05, 3.63) is 54.1 Å². The second-order valence-electron chi connectivity index (χ2n) is 2.88. The first-order chi connectivity index (χ1) is 7.20. The summed E-state index contributed by atoms with van der Waals surface area (Å²) in [4.78, 5) is 15.2. The Hall–Kier alpha value is -2.04. The van der Waals surface area contributed by atoms with E-state index in [-0.39, 0.29) is 5.56 Å². The highest BCUT2D eigenvalue weighted by molar-refractivity contribution is 5.96. The van der Waals surface area contributed by atoms with Crippen LogP contribution in [-0.4, -0.2) is 15.5 Å². The molecule has 0 aliphatic rings. The van der Waals surface area contributed by atoms with Gasteiger partial charge in [0.2, 0.25) is 0 Å². The summed E-state index contributed by atoms with van der Waals surface area (Å²) in [6.45, 7) is 0. The lowest BCUT2D eigenvalue weighted by molar-refractivity contribution is 0.0954. The summed E-state index contributed by atoms with van der Waals surface area (Å²) in [6.07, 6.45) is 3.98. The predicted molar refractivity (Wildman–Crippen MR) is 48.3 cm³/mol. The van der Waals surface area contributed by atoms with Gasteiger partial charge in [-0.15, -0.1) is 0 Å². The Balaban J connectivity index is 2.47. The Kier molecular flexibility index (Phi) is 2.29. The fourth-order valence-electron chi connectivity index (χ4n) is 1.19. The average Bonchev–Trinajstić information content (AvgIpc) is 2.74. The molecule has 0 fully saturated rings. The zero-order valence-corrected chi connectivity index (χ0v) is 7.52. The van der Waals surface area contributed by atoms with E-state index in [0.717, 1.165) is 10.6 Å². The van der Waals surface area contributed by atoms with E-state index >= 15 is 0 Å². The molecule has 0 spiro atoms. The molecule has 1 aromatic carbocycles. The van der Waals surface area contributed by atoms with Crippen molar-refractivity contribution in [3.63, 3.8) is 0 Å². The van der Waals surface area contributed by atoms with Crippen molar-refractivity contribution in [2.45, 2.75) is 0 Å². The number of aromatic nitrogens is 2. The van der Waals surface area contributed by atoms with Crippen LogP contribution in [0.25, 0.3) is 0 Å². The van der Waals surface area contributed by atoms with Gasteiger partial charge in [-0.2, -0.15) is 0 Å². The third kappa shape index (κ3) is 1.63. The Labute approximate surface area is 84.0 Å². The van der Waals surface area contributed by atoms with E-state index in [0.29, 0.717) is 0 Å². The summed E-state index contributed by atoms with van der Waals surface area (Å²) >= 11 is 0. The second-order valence-corrected chi connectivity index (χ2v) is 2.88. The molecule has 0 unspecified atom stereocenters. The molecule has 0 bridgehead atoms. The van der Waals surface area contributed by atoms with Crippen LogP contribution in [0.3, 0.4) is 0 Å². The van der Waals surface area contributed by atoms with Crippen LogP contribution in [0.4, 0.5) is 8.78 Å². The van der Waals surface area contributed by atoms with E-state index in [1.54, 1.807) is 0 Å². The molecule has 0 amide bonds. The normalized spacial score (nSPS) is 10.3. The van der Waals surface area contributed by atoms with Gasteiger partial charge in [-0.1, -0.05) is 6.07 Å². The summed E-state index contributed by atoms with van der Waals surface area (Å²) < 4.78 is 27.1. The summed E-state index contributed by atoms with van der Waals surface area (Å²) in [5.74, 6) is -2.83. The third-order valence-electron chi connectivity index (χ3n) is 1.92. The highest BCUT2D eigenvalue weighted by Gasteiger charge is 2.15. The van der Waals surface area contributed by atoms with Crippen molar-refractivity contribution in [2.75, 3.05) is 0 Å². The molecule has 0 N–H and O–H groups in total. The number of halogens is 2. The smallest absolute Gasteiger partial charge is 0.266 e. The summed E-state index contributed by atoms with van der Waals surface area (Å²) in [7, 11) is 0. The summed E-state index contributed by atoms with van der Waals surface area (Å²) in [5, 5.41) is 0. The maximum atomic E-state index is 13.2. The number of nitrogens with zero attached hydrogens (tertiary/aromatic N) is 2. The third-order valence-corrected chi connectivity index (χ3v) is 1.92. The predicted octanol–water partition coefficient (Wildman–Crippen LogP) is 1.85. The molecule has 0 saturated heterocycles. The van der Waals surface area contributed by atoms with Crippen molar-refractivity contribution in [1.29, 1.82) is 0 Å². The largest absolute Gasteiger partial charge is 0.272 e. The average molecular weight is 208 g/mol. The Bertz CT molecular complexity index is 494. The molecule has 0 saturated carbocycles. The molecule has 0 radical (unpaired) electrons. The zero-order chi connectivity index (χ0) is 10.8. The van der Waals surface area contributed by atoms with Gasteiger partial charge in [0.15, 0.2) is 11.6 Å². The lowest BCUT2D eigenvalue weighted by Crippen LogP contribution is -2.12. The van der Waals surface area contributed by atoms with Crippen molar-refractivity contribution in [2.24, 2.45) is 0 Å². The zero-order valence-electron chi connectivity index (χ0n) is 7.52. The minimum absolute atomic E-state index is 0.312. The molecule has 1 aromatic heterocycles. The van der Waals surface area contributed by atoms with Gasteiger partial charge in [-0.3, -0.25) is 9.36 Å². The minimum atomic E-state index is -1.14. The molecule has 5 heteroatoms. The van der Waals surface area contributed by atoms with Gasteiger partial charge in [-0.25, -0.2) is 13.8 Å². The first kappa shape index (κ1) is 9.51. The molecule has 0 atom stereocenters. The highest BCUT2D eigenvalue weighted by Crippen LogP contribution is 2.12. The van der Waals surface area contributed by atoms with Crippen LogP contribution in [0.2, 0.25) is 0 Å². The number of carbonyl (C=O) groups is 1. The van der Waals surface area contributed by atoms with E-state index in [2.05, 4.69) is 4.98 Å². The van der Waals surface area contributed by atoms with Crippen LogP contribution >= 0.6 is 0 Å². The molecule has 15 heavy (non-hydrogen) atoms. The standard InChI is InChI=1S/C10H6F2N2O/c11-8-3-1-2-7(9(8)12)10(15)14-5-4-13-6-14/h1-6H. The molecular formula is C10H6F2N2O. The minimum Gasteiger partial charge on any atom is -0.272 e. The van der Waals surface area contributed by atoms with Crippen LogP contribution in [0.5, 0.6) is 0 Å². The fraction of sp³-hybridized carbons (Fsp3) is 0. The fourth-order valence-corrected chi connectivity index (χ4v) is 1.19. The number of imidazole rings is 1. The van der Waals surface area contributed by atoms with Gasteiger partial charge >= 0.3 is 0 Å². The van der Waals surface area contributed by atoms with Crippen LogP contribution in [0.15, 0.2) is 36.9 Å². The van der Waals surface area contributed by atoms with Crippen LogP contribution in [0, 0.1) is 11.6 Å². The molecule has 1 heterocycles. The van der Waals surface area contributed by atoms with Gasteiger partial charge in [0, 0.05) is 12.4 Å². The SMILES string of the molecule is O=C(c1cccc(F)c1F)n1ccnc1. The second kappa shape index (κ2) is 3.61. The number of carbonyl (C=O) groups excluding carboxylic acids is 1. The summed E-state index contributed by atoms with van der Waals surface area (Å²) in [6, 6.07) is 3.46. The van der Waals surface area contributed by atoms with E-state index in [1.807, 2.05) is 0 Å². The molecule has 76 valence electrons. The van der Waals surface area contributed by atoms with E-state index < -0.39 is 17.5 Å². The van der Waals surface area contributed by atoms with Crippen molar-refractivity contribution in [3.8, 4) is 0 Å². The maximum Gasteiger partial charge on any atom is 0.266 e. The topological polar surface area (TPSA) is 34.9 Å². The lowest BCUT2D eigenvalue weighted by atomic mass is 10.2. The van der Waals surface area contributed by atoms with Crippen LogP contribution in [0.1, 0.15) is 10.4 Å². The van der Waals surface area contributed by atoms with Crippen molar-refractivity contribution < 1.29 is 13.6 Å².